The number of fused-ring (bicyclic) bond motifs is 1. The van der Waals surface area contributed by atoms with Crippen molar-refractivity contribution >= 4 is 22.9 Å². The lowest BCUT2D eigenvalue weighted by Crippen LogP contribution is -2.34. The van der Waals surface area contributed by atoms with Gasteiger partial charge in [-0.25, -0.2) is 4.98 Å². The van der Waals surface area contributed by atoms with E-state index in [9.17, 15) is 9.59 Å². The Morgan fingerprint density at radius 1 is 1.24 bits per heavy atom. The number of carbonyl (C=O) groups excluding carboxylic acids is 1. The lowest BCUT2D eigenvalue weighted by atomic mass is 10.1. The van der Waals surface area contributed by atoms with Gasteiger partial charge in [0.15, 0.2) is 0 Å². The van der Waals surface area contributed by atoms with Crippen LogP contribution in [0.4, 0.5) is 0 Å². The van der Waals surface area contributed by atoms with Gasteiger partial charge in [-0.05, 0) is 45.2 Å². The lowest BCUT2D eigenvalue weighted by Gasteiger charge is -2.26. The van der Waals surface area contributed by atoms with Crippen molar-refractivity contribution in [1.29, 1.82) is 0 Å². The van der Waals surface area contributed by atoms with Crippen LogP contribution in [0.25, 0.3) is 11.0 Å². The minimum atomic E-state index is -0.858. The van der Waals surface area contributed by atoms with E-state index < -0.39 is 11.9 Å². The molecule has 1 amide bonds. The van der Waals surface area contributed by atoms with Crippen molar-refractivity contribution in [3.05, 3.63) is 30.1 Å². The highest BCUT2D eigenvalue weighted by Crippen LogP contribution is 2.44. The molecule has 1 aliphatic heterocycles. The normalized spacial score (nSPS) is 25.7. The molecular formula is C19H23N3O3. The summed E-state index contributed by atoms with van der Waals surface area (Å²) in [6.45, 7) is 4.94. The van der Waals surface area contributed by atoms with Gasteiger partial charge in [0.25, 0.3) is 0 Å². The molecular weight excluding hydrogens is 318 g/mol. The molecule has 2 heterocycles. The minimum Gasteiger partial charge on any atom is -0.481 e. The zero-order chi connectivity index (χ0) is 17.7. The number of carboxylic acids is 1. The minimum absolute atomic E-state index is 0.0164. The van der Waals surface area contributed by atoms with E-state index in [1.54, 1.807) is 0 Å². The van der Waals surface area contributed by atoms with Crippen molar-refractivity contribution in [3.63, 3.8) is 0 Å². The zero-order valence-electron chi connectivity index (χ0n) is 14.6. The quantitative estimate of drug-likeness (QED) is 0.927. The largest absolute Gasteiger partial charge is 0.481 e. The summed E-state index contributed by atoms with van der Waals surface area (Å²) >= 11 is 0. The number of hydrogen-bond acceptors (Lipinski definition) is 3. The monoisotopic (exact) mass is 341 g/mol. The number of amides is 1. The maximum Gasteiger partial charge on any atom is 0.307 e. The fourth-order valence-corrected chi connectivity index (χ4v) is 4.09. The van der Waals surface area contributed by atoms with Crippen LogP contribution in [0.15, 0.2) is 24.3 Å². The highest BCUT2D eigenvalue weighted by Gasteiger charge is 2.51. The molecule has 1 saturated heterocycles. The van der Waals surface area contributed by atoms with E-state index in [2.05, 4.69) is 24.5 Å². The fourth-order valence-electron chi connectivity index (χ4n) is 4.09. The van der Waals surface area contributed by atoms with Crippen LogP contribution < -0.4 is 0 Å². The van der Waals surface area contributed by atoms with Crippen LogP contribution in [-0.2, 0) is 9.59 Å². The van der Waals surface area contributed by atoms with Gasteiger partial charge in [-0.2, -0.15) is 0 Å². The standard InChI is InChI=1S/C19H23N3O3/c1-11(2)22-15-7-4-3-6-14(15)20-17(22)16-8-5-9-21(16)18(23)12-10-13(12)19(24)25/h3-4,6-7,11-13,16H,5,8-10H2,1-2H3,(H,24,25). The summed E-state index contributed by atoms with van der Waals surface area (Å²) in [4.78, 5) is 30.6. The van der Waals surface area contributed by atoms with Crippen LogP contribution in [0.2, 0.25) is 0 Å². The molecule has 1 aromatic carbocycles. The summed E-state index contributed by atoms with van der Waals surface area (Å²) in [5.74, 6) is -0.803. The lowest BCUT2D eigenvalue weighted by molar-refractivity contribution is -0.142. The highest BCUT2D eigenvalue weighted by atomic mass is 16.4. The summed E-state index contributed by atoms with van der Waals surface area (Å²) in [5.41, 5.74) is 2.03. The second-order valence-electron chi connectivity index (χ2n) is 7.40. The van der Waals surface area contributed by atoms with E-state index in [1.165, 1.54) is 0 Å². The molecule has 1 aromatic heterocycles. The summed E-state index contributed by atoms with van der Waals surface area (Å²) in [6.07, 6.45) is 2.28. The van der Waals surface area contributed by atoms with E-state index in [0.29, 0.717) is 13.0 Å². The number of aromatic nitrogens is 2. The van der Waals surface area contributed by atoms with Gasteiger partial charge in [0, 0.05) is 12.6 Å². The molecule has 3 unspecified atom stereocenters. The van der Waals surface area contributed by atoms with Crippen molar-refractivity contribution in [3.8, 4) is 0 Å². The van der Waals surface area contributed by atoms with Gasteiger partial charge in [-0.15, -0.1) is 0 Å². The van der Waals surface area contributed by atoms with Crippen LogP contribution in [0, 0.1) is 11.8 Å². The average Bonchev–Trinajstić information content (AvgIpc) is 3.08. The highest BCUT2D eigenvalue weighted by molar-refractivity contribution is 5.90. The van der Waals surface area contributed by atoms with E-state index >= 15 is 0 Å². The van der Waals surface area contributed by atoms with Crippen LogP contribution in [0.1, 0.15) is 51.0 Å². The molecule has 2 aliphatic rings. The summed E-state index contributed by atoms with van der Waals surface area (Å²) in [5, 5.41) is 9.12. The van der Waals surface area contributed by atoms with Gasteiger partial charge in [0.2, 0.25) is 5.91 Å². The molecule has 1 aliphatic carbocycles. The molecule has 132 valence electrons. The number of benzene rings is 1. The first-order valence-electron chi connectivity index (χ1n) is 8.99. The van der Waals surface area contributed by atoms with Crippen LogP contribution in [0.5, 0.6) is 0 Å². The van der Waals surface area contributed by atoms with Gasteiger partial charge in [0.1, 0.15) is 5.82 Å². The third-order valence-corrected chi connectivity index (χ3v) is 5.40. The summed E-state index contributed by atoms with van der Waals surface area (Å²) < 4.78 is 2.22. The van der Waals surface area contributed by atoms with Gasteiger partial charge in [-0.1, -0.05) is 12.1 Å². The zero-order valence-corrected chi connectivity index (χ0v) is 14.6. The number of nitrogens with zero attached hydrogens (tertiary/aromatic N) is 3. The van der Waals surface area contributed by atoms with Crippen LogP contribution >= 0.6 is 0 Å². The Hall–Kier alpha value is -2.37. The Morgan fingerprint density at radius 2 is 2.00 bits per heavy atom. The molecule has 0 spiro atoms. The SMILES string of the molecule is CC(C)n1c(C2CCCN2C(=O)C2CC2C(=O)O)nc2ccccc21. The number of para-hydroxylation sites is 2. The molecule has 1 saturated carbocycles. The second kappa shape index (κ2) is 5.86. The van der Waals surface area contributed by atoms with E-state index in [4.69, 9.17) is 10.1 Å². The second-order valence-corrected chi connectivity index (χ2v) is 7.40. The van der Waals surface area contributed by atoms with Crippen molar-refractivity contribution in [1.82, 2.24) is 14.5 Å². The van der Waals surface area contributed by atoms with Gasteiger partial charge < -0.3 is 14.6 Å². The van der Waals surface area contributed by atoms with E-state index in [0.717, 1.165) is 29.7 Å². The third-order valence-electron chi connectivity index (χ3n) is 5.40. The first-order chi connectivity index (χ1) is 12.0. The van der Waals surface area contributed by atoms with Crippen molar-refractivity contribution in [2.45, 2.75) is 45.2 Å². The predicted octanol–water partition coefficient (Wildman–Crippen LogP) is 3.00. The molecule has 6 nitrogen and oxygen atoms in total. The molecule has 25 heavy (non-hydrogen) atoms. The number of carboxylic acid groups (broad SMARTS) is 1. The molecule has 1 N–H and O–H groups in total. The van der Waals surface area contributed by atoms with E-state index in [1.807, 2.05) is 23.1 Å². The molecule has 2 fully saturated rings. The topological polar surface area (TPSA) is 75.4 Å². The Balaban J connectivity index is 1.69. The van der Waals surface area contributed by atoms with Crippen molar-refractivity contribution in [2.75, 3.05) is 6.54 Å². The smallest absolute Gasteiger partial charge is 0.307 e. The molecule has 0 radical (unpaired) electrons. The van der Waals surface area contributed by atoms with Crippen molar-refractivity contribution in [2.24, 2.45) is 11.8 Å². The molecule has 6 heteroatoms. The number of likely N-dealkylation sites (tertiary alicyclic amines) is 1. The predicted molar refractivity (Wildman–Crippen MR) is 93.0 cm³/mol. The van der Waals surface area contributed by atoms with Crippen molar-refractivity contribution < 1.29 is 14.7 Å². The number of hydrogen-bond donors (Lipinski definition) is 1. The third kappa shape index (κ3) is 2.60. The average molecular weight is 341 g/mol. The number of carbonyl (C=O) groups is 2. The summed E-state index contributed by atoms with van der Waals surface area (Å²) in [6, 6.07) is 8.23. The molecule has 0 bridgehead atoms. The van der Waals surface area contributed by atoms with E-state index in [-0.39, 0.29) is 23.9 Å². The molecule has 2 aromatic rings. The molecule has 3 atom stereocenters. The Morgan fingerprint density at radius 3 is 2.68 bits per heavy atom. The van der Waals surface area contributed by atoms with Gasteiger partial charge in [0.05, 0.1) is 28.9 Å². The number of imidazole rings is 1. The number of aliphatic carboxylic acids is 1. The Kier molecular flexibility index (Phi) is 3.78. The van der Waals surface area contributed by atoms with Gasteiger partial charge in [-0.3, -0.25) is 9.59 Å². The molecule has 4 rings (SSSR count). The first kappa shape index (κ1) is 16.1. The van der Waals surface area contributed by atoms with Crippen LogP contribution in [-0.4, -0.2) is 38.0 Å². The maximum atomic E-state index is 12.8. The Bertz CT molecular complexity index is 842. The Labute approximate surface area is 146 Å². The summed E-state index contributed by atoms with van der Waals surface area (Å²) in [7, 11) is 0. The first-order valence-corrected chi connectivity index (χ1v) is 8.99. The van der Waals surface area contributed by atoms with Crippen LogP contribution in [0.3, 0.4) is 0 Å². The number of rotatable bonds is 4. The maximum absolute atomic E-state index is 12.8. The van der Waals surface area contributed by atoms with Gasteiger partial charge >= 0.3 is 5.97 Å². The fraction of sp³-hybridized carbons (Fsp3) is 0.526.